The fraction of sp³-hybridized carbons (Fsp3) is 0.500. The zero-order valence-electron chi connectivity index (χ0n) is 35.5. The van der Waals surface area contributed by atoms with Gasteiger partial charge in [-0.25, -0.2) is 0 Å². The molecule has 0 aromatic heterocycles. The fourth-order valence-electron chi connectivity index (χ4n) is 7.46. The molecule has 0 aliphatic carbocycles. The third-order valence-electron chi connectivity index (χ3n) is 9.57. The van der Waals surface area contributed by atoms with Gasteiger partial charge in [-0.3, -0.25) is 14.4 Å². The summed E-state index contributed by atoms with van der Waals surface area (Å²) in [4.78, 5) is 37.8. The number of carbonyl (C=O) groups excluding carboxylic acids is 3. The summed E-state index contributed by atoms with van der Waals surface area (Å²) in [5.41, 5.74) is 7.49. The number of hydrogen-bond donors (Lipinski definition) is 2. The molecule has 0 spiro atoms. The lowest BCUT2D eigenvalue weighted by Gasteiger charge is -2.16. The van der Waals surface area contributed by atoms with Gasteiger partial charge in [0.25, 0.3) is 11.8 Å². The molecule has 6 rings (SSSR count). The molecular weight excluding hydrogens is 739 g/mol. The molecule has 312 valence electrons. The topological polar surface area (TPSA) is 144 Å². The van der Waals surface area contributed by atoms with E-state index in [9.17, 15) is 14.4 Å². The van der Waals surface area contributed by atoms with Crippen molar-refractivity contribution in [1.82, 2.24) is 10.6 Å². The summed E-state index contributed by atoms with van der Waals surface area (Å²) in [7, 11) is 1.08. The van der Waals surface area contributed by atoms with Gasteiger partial charge in [0.1, 0.15) is 6.10 Å². The fourth-order valence-corrected chi connectivity index (χ4v) is 7.46. The van der Waals surface area contributed by atoms with Gasteiger partial charge in [-0.15, -0.1) is 8.58 Å². The minimum atomic E-state index is -0.788. The van der Waals surface area contributed by atoms with Gasteiger partial charge in [0.2, 0.25) is 0 Å². The van der Waals surface area contributed by atoms with Gasteiger partial charge in [0.05, 0.1) is 18.3 Å². The number of benzene rings is 2. The van der Waals surface area contributed by atoms with E-state index in [1.807, 2.05) is 78.8 Å². The highest BCUT2D eigenvalue weighted by Gasteiger charge is 2.43. The van der Waals surface area contributed by atoms with E-state index < -0.39 is 17.7 Å². The van der Waals surface area contributed by atoms with Crippen molar-refractivity contribution in [3.05, 3.63) is 105 Å². The molecule has 4 heterocycles. The second kappa shape index (κ2) is 21.8. The van der Waals surface area contributed by atoms with Gasteiger partial charge in [0, 0.05) is 24.2 Å². The molecule has 2 amide bonds. The Balaban J connectivity index is 0.000000281. The van der Waals surface area contributed by atoms with Crippen molar-refractivity contribution >= 4 is 38.3 Å². The summed E-state index contributed by atoms with van der Waals surface area (Å²) in [5, 5.41) is 5.97. The smallest absolute Gasteiger partial charge is 0.252 e. The highest BCUT2D eigenvalue weighted by Crippen LogP contribution is 2.33. The van der Waals surface area contributed by atoms with E-state index in [0.717, 1.165) is 66.8 Å². The van der Waals surface area contributed by atoms with Crippen LogP contribution in [0.25, 0.3) is 12.2 Å². The molecule has 2 unspecified atom stereocenters. The monoisotopic (exact) mass is 804 g/mol. The lowest BCUT2D eigenvalue weighted by molar-refractivity contribution is -0.152. The Morgan fingerprint density at radius 1 is 0.579 bits per heavy atom. The first-order valence-electron chi connectivity index (χ1n) is 19.8. The van der Waals surface area contributed by atoms with Gasteiger partial charge in [-0.1, -0.05) is 77.9 Å². The average Bonchev–Trinajstić information content (AvgIpc) is 3.58. The van der Waals surface area contributed by atoms with E-state index in [4.69, 9.17) is 18.9 Å². The van der Waals surface area contributed by atoms with Crippen LogP contribution in [-0.2, 0) is 23.7 Å². The van der Waals surface area contributed by atoms with Crippen LogP contribution in [0.4, 0.5) is 0 Å². The van der Waals surface area contributed by atoms with Crippen LogP contribution < -0.4 is 10.6 Å². The second-order valence-corrected chi connectivity index (χ2v) is 16.8. The summed E-state index contributed by atoms with van der Waals surface area (Å²) in [5.74, 6) is -1.54. The van der Waals surface area contributed by atoms with E-state index in [0.29, 0.717) is 31.5 Å². The number of hydrogen-bond acceptors (Lipinski definition) is 7. The van der Waals surface area contributed by atoms with Crippen molar-refractivity contribution in [2.45, 2.75) is 123 Å². The van der Waals surface area contributed by atoms with E-state index in [2.05, 4.69) is 61.2 Å². The van der Waals surface area contributed by atoms with Gasteiger partial charge in [-0.05, 0) is 129 Å². The Bertz CT molecular complexity index is 1830. The first kappa shape index (κ1) is 47.6. The highest BCUT2D eigenvalue weighted by atomic mass is 31.1. The van der Waals surface area contributed by atoms with Crippen LogP contribution in [0.15, 0.2) is 60.7 Å². The third kappa shape index (κ3) is 13.9. The summed E-state index contributed by atoms with van der Waals surface area (Å²) in [6, 6.07) is 8.14. The van der Waals surface area contributed by atoms with E-state index in [-0.39, 0.29) is 41.4 Å². The summed E-state index contributed by atoms with van der Waals surface area (Å²) in [6.07, 6.45) is 18.2. The van der Waals surface area contributed by atoms with E-state index in [1.165, 1.54) is 6.08 Å². The van der Waals surface area contributed by atoms with Crippen molar-refractivity contribution in [3.8, 4) is 0 Å². The number of fused-ring (bicyclic) bond motifs is 4. The Morgan fingerprint density at radius 3 is 1.51 bits per heavy atom. The molecule has 0 radical (unpaired) electrons. The lowest BCUT2D eigenvalue weighted by atomic mass is 9.96. The molecule has 11 heteroatoms. The second-order valence-electron chi connectivity index (χ2n) is 15.8. The minimum absolute atomic E-state index is 0. The number of aryl methyl sites for hydroxylation is 4. The summed E-state index contributed by atoms with van der Waals surface area (Å²) in [6.45, 7) is 21.0. The van der Waals surface area contributed by atoms with Crippen LogP contribution in [0.5, 0.6) is 0 Å². The largest absolute Gasteiger partial charge is 0.412 e. The molecule has 2 aromatic carbocycles. The van der Waals surface area contributed by atoms with Gasteiger partial charge in [-0.2, -0.15) is 0 Å². The van der Waals surface area contributed by atoms with Crippen molar-refractivity contribution in [3.63, 3.8) is 0 Å². The first-order chi connectivity index (χ1) is 26.5. The molecule has 4 N–H and O–H groups in total. The molecule has 10 nitrogen and oxygen atoms in total. The van der Waals surface area contributed by atoms with E-state index >= 15 is 0 Å². The molecule has 4 aliphatic heterocycles. The van der Waals surface area contributed by atoms with Gasteiger partial charge in [0.15, 0.2) is 17.4 Å². The molecule has 0 bridgehead atoms. The first-order valence-corrected chi connectivity index (χ1v) is 21.8. The maximum atomic E-state index is 12.7. The number of nitrogens with one attached hydrogen (secondary N) is 2. The Hall–Kier alpha value is -3.76. The number of carbonyl (C=O) groups is 3. The third-order valence-corrected chi connectivity index (χ3v) is 9.57. The van der Waals surface area contributed by atoms with Crippen molar-refractivity contribution in [2.75, 3.05) is 26.4 Å². The molecule has 0 saturated carbocycles. The zero-order chi connectivity index (χ0) is 41.0. The molecule has 4 aliphatic rings. The molecule has 57 heavy (non-hydrogen) atoms. The van der Waals surface area contributed by atoms with Crippen LogP contribution in [-0.4, -0.2) is 85.5 Å². The molecule has 2 saturated heterocycles. The predicted molar refractivity (Wildman–Crippen MR) is 232 cm³/mol. The minimum Gasteiger partial charge on any atom is -0.412 e. The summed E-state index contributed by atoms with van der Waals surface area (Å²) < 4.78 is 23.9. The standard InChI is InChI=1S/C22H27NO4.C22H29NO3.C2H7P.H2O/c1-14-12-15(2)19-16(13-14)8-7-10-18-20(27-22(3,4)26-18)17(24)9-5-6-11-23-21(19)25;1-15-13-16(2)20-17(14-15)9-8-11-19-18(25-22(3,4)26-19)10-6-5-7-12-23-21(20)24;1-3-2;/h5,7-9,12-13,18,20H,6,10-11H2,1-4H3,(H,23,25);5-6,8-9,13-14,18-19H,7,10-12H2,1-4H3,(H,23,24);3H,1-2H3;1H2/b8-7+,9-5-;6-5-,9-8+;;/t18-,20?;18?,19-;;/m00../s1. The van der Waals surface area contributed by atoms with Gasteiger partial charge >= 0.3 is 0 Å². The Kier molecular flexibility index (Phi) is 18.2. The lowest BCUT2D eigenvalue weighted by Crippen LogP contribution is -2.30. The van der Waals surface area contributed by atoms with E-state index in [1.54, 1.807) is 6.08 Å². The summed E-state index contributed by atoms with van der Waals surface area (Å²) >= 11 is 0. The van der Waals surface area contributed by atoms with Crippen molar-refractivity contribution in [2.24, 2.45) is 0 Å². The maximum Gasteiger partial charge on any atom is 0.252 e. The Labute approximate surface area is 342 Å². The molecule has 2 fully saturated rings. The number of rotatable bonds is 0. The number of ketones is 1. The van der Waals surface area contributed by atoms with Crippen molar-refractivity contribution in [1.29, 1.82) is 0 Å². The molecule has 4 atom stereocenters. The van der Waals surface area contributed by atoms with Crippen LogP contribution in [0.2, 0.25) is 0 Å². The van der Waals surface area contributed by atoms with Crippen LogP contribution in [0.3, 0.4) is 0 Å². The highest BCUT2D eigenvalue weighted by molar-refractivity contribution is 7.35. The molecule has 2 aromatic rings. The van der Waals surface area contributed by atoms with Crippen molar-refractivity contribution < 1.29 is 38.8 Å². The van der Waals surface area contributed by atoms with Crippen LogP contribution >= 0.6 is 8.58 Å². The normalized spacial score (nSPS) is 26.5. The van der Waals surface area contributed by atoms with Crippen LogP contribution in [0, 0.1) is 27.7 Å². The van der Waals surface area contributed by atoms with Crippen LogP contribution in [0.1, 0.15) is 114 Å². The zero-order valence-corrected chi connectivity index (χ0v) is 36.5. The average molecular weight is 805 g/mol. The quantitative estimate of drug-likeness (QED) is 0.204. The number of ether oxygens (including phenoxy) is 4. The molecular formula is C46H65N2O8P. The maximum absolute atomic E-state index is 12.7. The van der Waals surface area contributed by atoms with Gasteiger partial charge < -0.3 is 35.1 Å². The SMILES string of the molecule is CPC.Cc1cc(C)c2c(c1)/C=C/C[C@@H]1OC(C)(C)OC1C(=O)/C=C\CCNC2=O.Cc1cc(C)c2c(c1)/C=C/C[C@@H]1OC(C)(C)OC1C/C=C\CCNC2=O.O. The predicted octanol–water partition coefficient (Wildman–Crippen LogP) is 7.89. The number of amides is 2. The Morgan fingerprint density at radius 2 is 1.00 bits per heavy atom.